The lowest BCUT2D eigenvalue weighted by Crippen LogP contribution is -2.33. The number of nitrogens with two attached hydrogens (primary N) is 1. The zero-order valence-corrected chi connectivity index (χ0v) is 25.1. The summed E-state index contributed by atoms with van der Waals surface area (Å²) in [6.45, 7) is 14.2. The molecular formula is C35H51N5. The Hall–Kier alpha value is -3.31. The lowest BCUT2D eigenvalue weighted by atomic mass is 9.95. The maximum Gasteiger partial charge on any atom is 0.124 e. The highest BCUT2D eigenvalue weighted by atomic mass is 15.4. The van der Waals surface area contributed by atoms with E-state index in [0.29, 0.717) is 0 Å². The fourth-order valence-corrected chi connectivity index (χ4v) is 5.59. The van der Waals surface area contributed by atoms with Crippen LogP contribution in [-0.4, -0.2) is 41.9 Å². The van der Waals surface area contributed by atoms with E-state index >= 15 is 0 Å². The third kappa shape index (κ3) is 9.41. The van der Waals surface area contributed by atoms with Crippen molar-refractivity contribution in [2.45, 2.75) is 78.6 Å². The minimum absolute atomic E-state index is 0.114. The molecule has 0 atom stereocenters. The highest BCUT2D eigenvalue weighted by Crippen LogP contribution is 2.26. The summed E-state index contributed by atoms with van der Waals surface area (Å²) < 4.78 is 0. The van der Waals surface area contributed by atoms with E-state index in [-0.39, 0.29) is 5.84 Å². The van der Waals surface area contributed by atoms with Gasteiger partial charge in [-0.05, 0) is 93.7 Å². The molecule has 5 nitrogen and oxygen atoms in total. The zero-order valence-electron chi connectivity index (χ0n) is 25.1. The van der Waals surface area contributed by atoms with E-state index in [2.05, 4.69) is 97.1 Å². The number of allylic oxidation sites excluding steroid dienone is 8. The summed E-state index contributed by atoms with van der Waals surface area (Å²) in [4.78, 5) is 4.92. The molecule has 5 heteroatoms. The van der Waals surface area contributed by atoms with Crippen LogP contribution in [0.15, 0.2) is 90.0 Å². The number of aryl methyl sites for hydroxylation is 1. The van der Waals surface area contributed by atoms with Gasteiger partial charge in [0.2, 0.25) is 0 Å². The first-order valence-electron chi connectivity index (χ1n) is 15.2. The molecule has 1 heterocycles. The Balaban J connectivity index is 1.87. The van der Waals surface area contributed by atoms with Crippen molar-refractivity contribution < 1.29 is 0 Å². The molecule has 4 N–H and O–H groups in total. The Morgan fingerprint density at radius 2 is 2.00 bits per heavy atom. The Kier molecular flexibility index (Phi) is 13.0. The number of nitrogens with one attached hydrogen (secondary N) is 2. The highest BCUT2D eigenvalue weighted by molar-refractivity contribution is 5.99. The number of amidine groups is 1. The summed E-state index contributed by atoms with van der Waals surface area (Å²) in [6, 6.07) is 9.01. The topological polar surface area (TPSA) is 68.4 Å². The van der Waals surface area contributed by atoms with Crippen molar-refractivity contribution in [1.29, 1.82) is 5.41 Å². The predicted octanol–water partition coefficient (Wildman–Crippen LogP) is 7.67. The zero-order chi connectivity index (χ0) is 28.7. The van der Waals surface area contributed by atoms with Crippen LogP contribution in [0.25, 0.3) is 5.57 Å². The van der Waals surface area contributed by atoms with E-state index in [1.54, 1.807) is 0 Å². The molecule has 216 valence electrons. The third-order valence-corrected chi connectivity index (χ3v) is 7.72. The van der Waals surface area contributed by atoms with Crippen molar-refractivity contribution in [3.05, 3.63) is 101 Å². The molecule has 1 aliphatic carbocycles. The number of hydrogen-bond acceptors (Lipinski definition) is 4. The lowest BCUT2D eigenvalue weighted by Gasteiger charge is -2.26. The average molecular weight is 542 g/mol. The lowest BCUT2D eigenvalue weighted by molar-refractivity contribution is 0.273. The predicted molar refractivity (Wildman–Crippen MR) is 173 cm³/mol. The van der Waals surface area contributed by atoms with Gasteiger partial charge >= 0.3 is 0 Å². The number of hydrogen-bond donors (Lipinski definition) is 3. The molecule has 0 radical (unpaired) electrons. The van der Waals surface area contributed by atoms with Crippen LogP contribution >= 0.6 is 0 Å². The second-order valence-electron chi connectivity index (χ2n) is 10.9. The minimum Gasteiger partial charge on any atom is -0.384 e. The summed E-state index contributed by atoms with van der Waals surface area (Å²) in [5.74, 6) is 1.17. The molecule has 1 aromatic carbocycles. The smallest absolute Gasteiger partial charge is 0.124 e. The normalized spacial score (nSPS) is 17.1. The molecular weight excluding hydrogens is 490 g/mol. The van der Waals surface area contributed by atoms with Gasteiger partial charge in [-0.15, -0.1) is 6.58 Å². The quantitative estimate of drug-likeness (QED) is 0.0660. The van der Waals surface area contributed by atoms with E-state index in [0.717, 1.165) is 81.1 Å². The first kappa shape index (κ1) is 31.2. The Labute approximate surface area is 243 Å². The van der Waals surface area contributed by atoms with Crippen molar-refractivity contribution in [3.8, 4) is 0 Å². The van der Waals surface area contributed by atoms with Gasteiger partial charge in [-0.25, -0.2) is 0 Å². The van der Waals surface area contributed by atoms with Crippen LogP contribution in [0.2, 0.25) is 0 Å². The fraction of sp³-hybridized carbons (Fsp3) is 0.457. The number of unbranched alkanes of at least 4 members (excludes halogenated alkanes) is 4. The summed E-state index contributed by atoms with van der Waals surface area (Å²) in [7, 11) is 0. The molecule has 0 unspecified atom stereocenters. The van der Waals surface area contributed by atoms with Crippen molar-refractivity contribution in [2.24, 2.45) is 5.73 Å². The van der Waals surface area contributed by atoms with Crippen LogP contribution in [0.3, 0.4) is 0 Å². The molecule has 0 aromatic heterocycles. The molecule has 0 spiro atoms. The van der Waals surface area contributed by atoms with Crippen molar-refractivity contribution in [2.75, 3.05) is 26.3 Å². The standard InChI is InChI=1S/C35H51N5/c1-5-8-9-10-11-13-17-29-18-16-21-32(25-29)30(7-3)26-33(40-24-23-39(27-40)22-6-2)38-28(4)34(35(36)37)31-19-14-12-15-20-31/h5,7,12,14,16,18-19,21,25-26,38H,1,6,8-11,13,15,17,20,22-24,27H2,2-4H3,(H3,36,37)/b30-7-,33-26+,34-28-. The van der Waals surface area contributed by atoms with Gasteiger partial charge in [-0.1, -0.05) is 74.4 Å². The SMILES string of the molecule is C=CCCCCCCc1cccc(C(=C\C)/C=C(\N/C(C)=C(\C(=N)N)C2=CC=CCC2)N2CCN(CCC)C2)c1. The van der Waals surface area contributed by atoms with Crippen LogP contribution in [0, 0.1) is 5.41 Å². The first-order chi connectivity index (χ1) is 19.5. The summed E-state index contributed by atoms with van der Waals surface area (Å²) >= 11 is 0. The number of rotatable bonds is 16. The first-order valence-corrected chi connectivity index (χ1v) is 15.2. The average Bonchev–Trinajstić information content (AvgIpc) is 3.42. The highest BCUT2D eigenvalue weighted by Gasteiger charge is 2.23. The van der Waals surface area contributed by atoms with E-state index < -0.39 is 0 Å². The van der Waals surface area contributed by atoms with Gasteiger partial charge in [0.15, 0.2) is 0 Å². The second kappa shape index (κ2) is 16.7. The van der Waals surface area contributed by atoms with Crippen LogP contribution in [0.5, 0.6) is 0 Å². The van der Waals surface area contributed by atoms with Crippen LogP contribution < -0.4 is 11.1 Å². The molecule has 1 aliphatic heterocycles. The van der Waals surface area contributed by atoms with Gasteiger partial charge in [0.25, 0.3) is 0 Å². The van der Waals surface area contributed by atoms with Gasteiger partial charge < -0.3 is 16.0 Å². The van der Waals surface area contributed by atoms with Crippen molar-refractivity contribution >= 4 is 11.4 Å². The summed E-state index contributed by atoms with van der Waals surface area (Å²) in [6.07, 6.45) is 23.1. The molecule has 1 aromatic rings. The Morgan fingerprint density at radius 3 is 2.70 bits per heavy atom. The van der Waals surface area contributed by atoms with E-state index in [1.165, 1.54) is 42.4 Å². The van der Waals surface area contributed by atoms with Gasteiger partial charge in [0.1, 0.15) is 11.7 Å². The molecule has 0 bridgehead atoms. The second-order valence-corrected chi connectivity index (χ2v) is 10.9. The molecule has 1 saturated heterocycles. The van der Waals surface area contributed by atoms with Crippen LogP contribution in [0.1, 0.15) is 83.3 Å². The van der Waals surface area contributed by atoms with Gasteiger partial charge in [0.05, 0.1) is 6.67 Å². The maximum atomic E-state index is 8.36. The minimum atomic E-state index is 0.114. The molecule has 3 rings (SSSR count). The molecule has 2 aliphatic rings. The van der Waals surface area contributed by atoms with Gasteiger partial charge in [-0.2, -0.15) is 0 Å². The van der Waals surface area contributed by atoms with E-state index in [9.17, 15) is 0 Å². The maximum absolute atomic E-state index is 8.36. The van der Waals surface area contributed by atoms with Gasteiger partial charge in [-0.3, -0.25) is 10.3 Å². The van der Waals surface area contributed by atoms with Crippen molar-refractivity contribution in [1.82, 2.24) is 15.1 Å². The number of benzene rings is 1. The summed E-state index contributed by atoms with van der Waals surface area (Å²) in [5.41, 5.74) is 12.8. The fourth-order valence-electron chi connectivity index (χ4n) is 5.59. The monoisotopic (exact) mass is 541 g/mol. The van der Waals surface area contributed by atoms with E-state index in [1.807, 2.05) is 6.08 Å². The Morgan fingerprint density at radius 1 is 1.18 bits per heavy atom. The van der Waals surface area contributed by atoms with Crippen molar-refractivity contribution in [3.63, 3.8) is 0 Å². The Bertz CT molecular complexity index is 1150. The third-order valence-electron chi connectivity index (χ3n) is 7.72. The molecule has 0 amide bonds. The van der Waals surface area contributed by atoms with Crippen LogP contribution in [0.4, 0.5) is 0 Å². The molecule has 0 saturated carbocycles. The molecule has 1 fully saturated rings. The van der Waals surface area contributed by atoms with Crippen LogP contribution in [-0.2, 0) is 6.42 Å². The van der Waals surface area contributed by atoms with Gasteiger partial charge in [0, 0.05) is 24.4 Å². The van der Waals surface area contributed by atoms with E-state index in [4.69, 9.17) is 11.1 Å². The largest absolute Gasteiger partial charge is 0.384 e. The number of nitrogens with zero attached hydrogens (tertiary/aromatic N) is 2. The summed E-state index contributed by atoms with van der Waals surface area (Å²) in [5, 5.41) is 12.1. The molecule has 40 heavy (non-hydrogen) atoms.